The van der Waals surface area contributed by atoms with Crippen molar-refractivity contribution in [1.29, 1.82) is 0 Å². The summed E-state index contributed by atoms with van der Waals surface area (Å²) < 4.78 is 4.58. The summed E-state index contributed by atoms with van der Waals surface area (Å²) in [7, 11) is 1.34. The van der Waals surface area contributed by atoms with E-state index in [2.05, 4.69) is 10.1 Å². The van der Waals surface area contributed by atoms with Crippen molar-refractivity contribution in [3.8, 4) is 0 Å². The molecule has 1 atom stereocenters. The second kappa shape index (κ2) is 5.98. The predicted molar refractivity (Wildman–Crippen MR) is 52.9 cm³/mol. The minimum Gasteiger partial charge on any atom is -0.468 e. The van der Waals surface area contributed by atoms with Gasteiger partial charge in [0.25, 0.3) is 0 Å². The Kier molecular flexibility index (Phi) is 4.90. The second-order valence-corrected chi connectivity index (χ2v) is 3.76. The zero-order chi connectivity index (χ0) is 10.4. The summed E-state index contributed by atoms with van der Waals surface area (Å²) in [6.07, 6.45) is 5.87. The lowest BCUT2D eigenvalue weighted by molar-refractivity contribution is -0.144. The average Bonchev–Trinajstić information content (AvgIpc) is 2.26. The van der Waals surface area contributed by atoms with Gasteiger partial charge in [-0.3, -0.25) is 10.1 Å². The van der Waals surface area contributed by atoms with Crippen molar-refractivity contribution < 1.29 is 14.6 Å². The highest BCUT2D eigenvalue weighted by Gasteiger charge is 2.22. The van der Waals surface area contributed by atoms with Gasteiger partial charge in [0.1, 0.15) is 6.04 Å². The molecular formula is C10H19NO3. The molecule has 0 amide bonds. The minimum absolute atomic E-state index is 0.191. The first-order valence-corrected chi connectivity index (χ1v) is 5.22. The van der Waals surface area contributed by atoms with Gasteiger partial charge in [-0.2, -0.15) is 0 Å². The van der Waals surface area contributed by atoms with Crippen molar-refractivity contribution >= 4 is 5.97 Å². The number of carbonyl (C=O) groups excluding carboxylic acids is 1. The van der Waals surface area contributed by atoms with E-state index in [9.17, 15) is 4.79 Å². The summed E-state index contributed by atoms with van der Waals surface area (Å²) in [4.78, 5) is 11.2. The van der Waals surface area contributed by atoms with Crippen molar-refractivity contribution in [2.75, 3.05) is 13.7 Å². The topological polar surface area (TPSA) is 58.6 Å². The van der Waals surface area contributed by atoms with Gasteiger partial charge in [-0.1, -0.05) is 19.3 Å². The molecule has 1 aliphatic rings. The zero-order valence-electron chi connectivity index (χ0n) is 8.66. The third-order valence-corrected chi connectivity index (χ3v) is 2.71. The Morgan fingerprint density at radius 1 is 1.50 bits per heavy atom. The maximum atomic E-state index is 11.2. The Bertz CT molecular complexity index is 178. The van der Waals surface area contributed by atoms with Gasteiger partial charge in [-0.05, 0) is 12.8 Å². The molecule has 1 aliphatic carbocycles. The summed E-state index contributed by atoms with van der Waals surface area (Å²) >= 11 is 0. The van der Waals surface area contributed by atoms with E-state index in [1.807, 2.05) is 0 Å². The normalized spacial score (nSPS) is 20.4. The summed E-state index contributed by atoms with van der Waals surface area (Å²) in [5, 5.41) is 12.1. The monoisotopic (exact) mass is 201 g/mol. The number of carbonyl (C=O) groups is 1. The molecule has 2 N–H and O–H groups in total. The fourth-order valence-corrected chi connectivity index (χ4v) is 1.89. The van der Waals surface area contributed by atoms with E-state index in [-0.39, 0.29) is 12.6 Å². The molecule has 1 saturated carbocycles. The molecule has 4 nitrogen and oxygen atoms in total. The first-order chi connectivity index (χ1) is 6.77. The van der Waals surface area contributed by atoms with E-state index < -0.39 is 6.04 Å². The first kappa shape index (κ1) is 11.5. The first-order valence-electron chi connectivity index (χ1n) is 5.22. The van der Waals surface area contributed by atoms with E-state index in [0.717, 1.165) is 12.8 Å². The largest absolute Gasteiger partial charge is 0.468 e. The molecule has 0 heterocycles. The number of ether oxygens (including phenoxy) is 1. The van der Waals surface area contributed by atoms with Crippen LogP contribution in [0.2, 0.25) is 0 Å². The van der Waals surface area contributed by atoms with Crippen LogP contribution in [0.3, 0.4) is 0 Å². The Balaban J connectivity index is 2.34. The lowest BCUT2D eigenvalue weighted by Gasteiger charge is -2.26. The number of hydrogen-bond acceptors (Lipinski definition) is 4. The Labute approximate surface area is 84.6 Å². The molecule has 0 bridgehead atoms. The van der Waals surface area contributed by atoms with Crippen LogP contribution in [0.1, 0.15) is 32.1 Å². The summed E-state index contributed by atoms with van der Waals surface area (Å²) in [5.74, 6) is -0.377. The highest BCUT2D eigenvalue weighted by molar-refractivity contribution is 5.75. The molecule has 0 spiro atoms. The molecule has 0 aromatic rings. The van der Waals surface area contributed by atoms with Crippen LogP contribution in [-0.2, 0) is 9.53 Å². The number of hydrogen-bond donors (Lipinski definition) is 2. The van der Waals surface area contributed by atoms with E-state index >= 15 is 0 Å². The highest BCUT2D eigenvalue weighted by Crippen LogP contribution is 2.17. The van der Waals surface area contributed by atoms with Crippen molar-refractivity contribution in [3.05, 3.63) is 0 Å². The van der Waals surface area contributed by atoms with Gasteiger partial charge < -0.3 is 9.84 Å². The molecule has 82 valence electrons. The molecule has 0 aromatic carbocycles. The van der Waals surface area contributed by atoms with Crippen molar-refractivity contribution in [3.63, 3.8) is 0 Å². The van der Waals surface area contributed by atoms with Crippen molar-refractivity contribution in [2.24, 2.45) is 0 Å². The van der Waals surface area contributed by atoms with Crippen LogP contribution in [-0.4, -0.2) is 36.9 Å². The molecular weight excluding hydrogens is 182 g/mol. The maximum absolute atomic E-state index is 11.2. The summed E-state index contributed by atoms with van der Waals surface area (Å²) in [5.41, 5.74) is 0. The summed E-state index contributed by atoms with van der Waals surface area (Å²) in [6, 6.07) is -0.192. The number of aliphatic hydroxyl groups excluding tert-OH is 1. The average molecular weight is 201 g/mol. The molecule has 1 rings (SSSR count). The van der Waals surface area contributed by atoms with Gasteiger partial charge >= 0.3 is 5.97 Å². The number of rotatable bonds is 4. The predicted octanol–water partition coefficient (Wildman–Crippen LogP) is 0.443. The van der Waals surface area contributed by atoms with Crippen molar-refractivity contribution in [1.82, 2.24) is 5.32 Å². The quantitative estimate of drug-likeness (QED) is 0.648. The third kappa shape index (κ3) is 3.27. The van der Waals surface area contributed by atoms with E-state index in [0.29, 0.717) is 6.04 Å². The molecule has 0 saturated heterocycles. The Morgan fingerprint density at radius 2 is 2.14 bits per heavy atom. The van der Waals surface area contributed by atoms with Gasteiger partial charge in [0.15, 0.2) is 0 Å². The van der Waals surface area contributed by atoms with Crippen LogP contribution in [0.5, 0.6) is 0 Å². The number of nitrogens with one attached hydrogen (secondary N) is 1. The standard InChI is InChI=1S/C10H19NO3/c1-14-10(13)9(7-12)11-8-5-3-2-4-6-8/h8-9,11-12H,2-7H2,1H3. The van der Waals surface area contributed by atoms with Gasteiger partial charge in [0.2, 0.25) is 0 Å². The molecule has 1 fully saturated rings. The van der Waals surface area contributed by atoms with Crippen LogP contribution >= 0.6 is 0 Å². The van der Waals surface area contributed by atoms with Crippen LogP contribution in [0.15, 0.2) is 0 Å². The minimum atomic E-state index is -0.553. The lowest BCUT2D eigenvalue weighted by Crippen LogP contribution is -2.46. The van der Waals surface area contributed by atoms with Gasteiger partial charge in [-0.15, -0.1) is 0 Å². The molecule has 1 unspecified atom stereocenters. The SMILES string of the molecule is COC(=O)C(CO)NC1CCCCC1. The van der Waals surface area contributed by atoms with Crippen LogP contribution < -0.4 is 5.32 Å². The van der Waals surface area contributed by atoms with Gasteiger partial charge in [0.05, 0.1) is 13.7 Å². The smallest absolute Gasteiger partial charge is 0.325 e. The maximum Gasteiger partial charge on any atom is 0.325 e. The van der Waals surface area contributed by atoms with Gasteiger partial charge in [-0.25, -0.2) is 0 Å². The highest BCUT2D eigenvalue weighted by atomic mass is 16.5. The Morgan fingerprint density at radius 3 is 2.64 bits per heavy atom. The number of aliphatic hydroxyl groups is 1. The fourth-order valence-electron chi connectivity index (χ4n) is 1.89. The molecule has 0 aromatic heterocycles. The fraction of sp³-hybridized carbons (Fsp3) is 0.900. The van der Waals surface area contributed by atoms with Crippen LogP contribution in [0, 0.1) is 0 Å². The zero-order valence-corrected chi connectivity index (χ0v) is 8.66. The van der Waals surface area contributed by atoms with Crippen LogP contribution in [0.25, 0.3) is 0 Å². The molecule has 14 heavy (non-hydrogen) atoms. The molecule has 4 heteroatoms. The number of esters is 1. The van der Waals surface area contributed by atoms with E-state index in [4.69, 9.17) is 5.11 Å². The number of methoxy groups -OCH3 is 1. The Hall–Kier alpha value is -0.610. The lowest BCUT2D eigenvalue weighted by atomic mass is 9.95. The summed E-state index contributed by atoms with van der Waals surface area (Å²) in [6.45, 7) is -0.191. The second-order valence-electron chi connectivity index (χ2n) is 3.76. The van der Waals surface area contributed by atoms with Gasteiger partial charge in [0, 0.05) is 6.04 Å². The van der Waals surface area contributed by atoms with Crippen molar-refractivity contribution in [2.45, 2.75) is 44.2 Å². The third-order valence-electron chi connectivity index (χ3n) is 2.71. The van der Waals surface area contributed by atoms with E-state index in [1.165, 1.54) is 26.4 Å². The van der Waals surface area contributed by atoms with Crippen LogP contribution in [0.4, 0.5) is 0 Å². The van der Waals surface area contributed by atoms with E-state index in [1.54, 1.807) is 0 Å². The molecule has 0 radical (unpaired) electrons. The molecule has 0 aliphatic heterocycles.